The van der Waals surface area contributed by atoms with E-state index in [0.29, 0.717) is 6.42 Å². The van der Waals surface area contributed by atoms with Crippen molar-refractivity contribution >= 4 is 5.91 Å². The van der Waals surface area contributed by atoms with Gasteiger partial charge in [-0.1, -0.05) is 258 Å². The molecular formula is C71H121NO13. The summed E-state index contributed by atoms with van der Waals surface area (Å²) in [4.78, 5) is 13.3. The third-order valence-corrected chi connectivity index (χ3v) is 15.7. The van der Waals surface area contributed by atoms with Gasteiger partial charge in [0.25, 0.3) is 0 Å². The fourth-order valence-corrected chi connectivity index (χ4v) is 10.4. The number of hydrogen-bond donors (Lipinski definition) is 9. The van der Waals surface area contributed by atoms with Crippen LogP contribution < -0.4 is 5.32 Å². The van der Waals surface area contributed by atoms with Gasteiger partial charge in [-0.2, -0.15) is 0 Å². The Morgan fingerprint density at radius 1 is 0.435 bits per heavy atom. The van der Waals surface area contributed by atoms with Crippen molar-refractivity contribution in [3.63, 3.8) is 0 Å². The van der Waals surface area contributed by atoms with Gasteiger partial charge >= 0.3 is 0 Å². The molecule has 488 valence electrons. The number of hydrogen-bond acceptors (Lipinski definition) is 13. The third kappa shape index (κ3) is 39.3. The van der Waals surface area contributed by atoms with Crippen LogP contribution >= 0.6 is 0 Å². The molecular weight excluding hydrogens is 1070 g/mol. The molecule has 0 radical (unpaired) electrons. The van der Waals surface area contributed by atoms with Gasteiger partial charge in [-0.05, 0) is 83.5 Å². The second kappa shape index (κ2) is 54.8. The van der Waals surface area contributed by atoms with E-state index in [1.807, 2.05) is 6.08 Å². The van der Waals surface area contributed by atoms with E-state index >= 15 is 0 Å². The standard InChI is InChI=1S/C71H121NO13/c1-3-5-7-9-11-13-15-17-19-21-23-25-27-28-29-30-31-32-33-35-37-39-41-43-45-47-49-51-53-55-63(76)72-59(58-82-70-68(81)66(79)69(62(57-74)84-70)85-71-67(80)65(78)64(77)61(56-73)83-71)60(75)54-52-50-48-46-44-42-40-38-36-34-26-24-22-20-18-16-14-12-10-8-6-4-2/h5,7,11,13,17,19,23,25,28-29,31-32,35,37,41,43,52,54,59-62,64-71,73-75,77-81H,3-4,6,8-10,12,14-16,18,20-22,24,26-27,30,33-34,36,38-40,42,44-51,53,55-58H2,1-2H3,(H,72,76)/b7-5-,13-11-,19-17-,25-23-,29-28-,32-31-,37-35-,43-41-,54-52+. The number of carbonyl (C=O) groups excluding carboxylic acids is 1. The van der Waals surface area contributed by atoms with Crippen LogP contribution in [-0.4, -0.2) is 140 Å². The lowest BCUT2D eigenvalue weighted by molar-refractivity contribution is -0.359. The molecule has 0 aromatic heterocycles. The first-order chi connectivity index (χ1) is 41.6. The molecule has 85 heavy (non-hydrogen) atoms. The molecule has 2 heterocycles. The van der Waals surface area contributed by atoms with Crippen molar-refractivity contribution in [1.29, 1.82) is 0 Å². The normalized spacial score (nSPS) is 24.3. The number of allylic oxidation sites excluding steroid dienone is 17. The zero-order chi connectivity index (χ0) is 61.6. The van der Waals surface area contributed by atoms with E-state index in [-0.39, 0.29) is 18.9 Å². The van der Waals surface area contributed by atoms with E-state index in [1.54, 1.807) is 6.08 Å². The van der Waals surface area contributed by atoms with Gasteiger partial charge in [-0.3, -0.25) is 4.79 Å². The summed E-state index contributed by atoms with van der Waals surface area (Å²) in [6, 6.07) is -0.938. The van der Waals surface area contributed by atoms with E-state index in [9.17, 15) is 45.6 Å². The van der Waals surface area contributed by atoms with Crippen LogP contribution in [0.3, 0.4) is 0 Å². The zero-order valence-electron chi connectivity index (χ0n) is 52.8. The molecule has 14 heteroatoms. The van der Waals surface area contributed by atoms with Gasteiger partial charge < -0.3 is 65.1 Å². The van der Waals surface area contributed by atoms with Crippen LogP contribution in [-0.2, 0) is 23.7 Å². The molecule has 2 rings (SSSR count). The Morgan fingerprint density at radius 3 is 1.25 bits per heavy atom. The van der Waals surface area contributed by atoms with Crippen LogP contribution in [0.2, 0.25) is 0 Å². The summed E-state index contributed by atoms with van der Waals surface area (Å²) in [5.74, 6) is -0.266. The van der Waals surface area contributed by atoms with Crippen molar-refractivity contribution in [1.82, 2.24) is 5.32 Å². The average molecular weight is 1200 g/mol. The lowest BCUT2D eigenvalue weighted by atomic mass is 9.97. The second-order valence-corrected chi connectivity index (χ2v) is 23.2. The largest absolute Gasteiger partial charge is 0.394 e. The van der Waals surface area contributed by atoms with Gasteiger partial charge in [-0.15, -0.1) is 0 Å². The highest BCUT2D eigenvalue weighted by atomic mass is 16.7. The number of carbonyl (C=O) groups is 1. The van der Waals surface area contributed by atoms with Crippen molar-refractivity contribution < 1.29 is 64.6 Å². The topological polar surface area (TPSA) is 228 Å². The quantitative estimate of drug-likeness (QED) is 0.0204. The Bertz CT molecular complexity index is 1840. The fourth-order valence-electron chi connectivity index (χ4n) is 10.4. The van der Waals surface area contributed by atoms with Gasteiger partial charge in [0, 0.05) is 6.42 Å². The maximum atomic E-state index is 13.3. The van der Waals surface area contributed by atoms with Gasteiger partial charge in [0.1, 0.15) is 48.8 Å². The lowest BCUT2D eigenvalue weighted by Gasteiger charge is -2.46. The van der Waals surface area contributed by atoms with Crippen molar-refractivity contribution in [2.45, 2.75) is 312 Å². The maximum Gasteiger partial charge on any atom is 0.220 e. The number of unbranched alkanes of at least 4 members (excludes halogenated alkanes) is 24. The van der Waals surface area contributed by atoms with Crippen LogP contribution in [0.15, 0.2) is 109 Å². The van der Waals surface area contributed by atoms with Crippen LogP contribution in [0.1, 0.15) is 239 Å². The molecule has 14 nitrogen and oxygen atoms in total. The highest BCUT2D eigenvalue weighted by molar-refractivity contribution is 5.76. The molecule has 0 saturated carbocycles. The average Bonchev–Trinajstić information content (AvgIpc) is 3.69. The number of ether oxygens (including phenoxy) is 4. The van der Waals surface area contributed by atoms with Crippen molar-refractivity contribution in [2.24, 2.45) is 0 Å². The number of nitrogens with one attached hydrogen (secondary N) is 1. The van der Waals surface area contributed by atoms with E-state index in [0.717, 1.165) is 96.3 Å². The van der Waals surface area contributed by atoms with Crippen LogP contribution in [0.4, 0.5) is 0 Å². The summed E-state index contributed by atoms with van der Waals surface area (Å²) in [7, 11) is 0. The molecule has 12 atom stereocenters. The van der Waals surface area contributed by atoms with Crippen LogP contribution in [0.5, 0.6) is 0 Å². The molecule has 0 aliphatic carbocycles. The Labute approximate surface area is 515 Å². The predicted molar refractivity (Wildman–Crippen MR) is 345 cm³/mol. The molecule has 9 N–H and O–H groups in total. The number of amides is 1. The van der Waals surface area contributed by atoms with E-state index in [2.05, 4.69) is 116 Å². The molecule has 2 saturated heterocycles. The highest BCUT2D eigenvalue weighted by Crippen LogP contribution is 2.30. The minimum atomic E-state index is -1.80. The minimum absolute atomic E-state index is 0.245. The third-order valence-electron chi connectivity index (χ3n) is 15.7. The van der Waals surface area contributed by atoms with E-state index in [4.69, 9.17) is 18.9 Å². The predicted octanol–water partition coefficient (Wildman–Crippen LogP) is 13.2. The van der Waals surface area contributed by atoms with Crippen LogP contribution in [0.25, 0.3) is 0 Å². The smallest absolute Gasteiger partial charge is 0.220 e. The van der Waals surface area contributed by atoms with Crippen molar-refractivity contribution in [3.8, 4) is 0 Å². The molecule has 0 aromatic rings. The van der Waals surface area contributed by atoms with Crippen LogP contribution in [0, 0.1) is 0 Å². The first-order valence-electron chi connectivity index (χ1n) is 33.6. The summed E-state index contributed by atoms with van der Waals surface area (Å²) in [5.41, 5.74) is 0. The summed E-state index contributed by atoms with van der Waals surface area (Å²) < 4.78 is 22.8. The first kappa shape index (κ1) is 77.7. The molecule has 0 aromatic carbocycles. The Kier molecular flexibility index (Phi) is 50.1. The van der Waals surface area contributed by atoms with E-state index in [1.165, 1.54) is 116 Å². The number of aliphatic hydroxyl groups excluding tert-OH is 8. The van der Waals surface area contributed by atoms with Crippen molar-refractivity contribution in [3.05, 3.63) is 109 Å². The summed E-state index contributed by atoms with van der Waals surface area (Å²) in [6.07, 6.45) is 61.2. The summed E-state index contributed by atoms with van der Waals surface area (Å²) in [5, 5.41) is 87.4. The maximum absolute atomic E-state index is 13.3. The molecule has 2 fully saturated rings. The molecule has 0 spiro atoms. The molecule has 2 aliphatic heterocycles. The summed E-state index contributed by atoms with van der Waals surface area (Å²) >= 11 is 0. The van der Waals surface area contributed by atoms with E-state index < -0.39 is 86.8 Å². The SMILES string of the molecule is CC/C=C\C/C=C\C/C=C\C/C=C\C/C=C\C/C=C\C/C=C\C/C=C\CCCCCCC(=O)NC(COC1OC(CO)C(OC2OC(CO)C(O)C(O)C2O)C(O)C1O)C(O)/C=C/CCCCCCCCCCCCCCCCCCCCCC. The second-order valence-electron chi connectivity index (χ2n) is 23.2. The number of rotatable bonds is 53. The molecule has 1 amide bonds. The lowest BCUT2D eigenvalue weighted by Crippen LogP contribution is -2.65. The molecule has 2 aliphatic rings. The van der Waals surface area contributed by atoms with Crippen molar-refractivity contribution in [2.75, 3.05) is 19.8 Å². The molecule has 0 bridgehead atoms. The Balaban J connectivity index is 1.74. The minimum Gasteiger partial charge on any atom is -0.394 e. The highest BCUT2D eigenvalue weighted by Gasteiger charge is 2.51. The molecule has 12 unspecified atom stereocenters. The van der Waals surface area contributed by atoms with Gasteiger partial charge in [0.2, 0.25) is 5.91 Å². The van der Waals surface area contributed by atoms with Gasteiger partial charge in [0.05, 0.1) is 32.0 Å². The summed E-state index contributed by atoms with van der Waals surface area (Å²) in [6.45, 7) is 2.68. The van der Waals surface area contributed by atoms with Gasteiger partial charge in [-0.25, -0.2) is 0 Å². The fraction of sp³-hybridized carbons (Fsp3) is 0.732. The monoisotopic (exact) mass is 1200 g/mol. The zero-order valence-corrected chi connectivity index (χ0v) is 52.8. The Hall–Kier alpha value is -3.35. The van der Waals surface area contributed by atoms with Gasteiger partial charge in [0.15, 0.2) is 12.6 Å². The first-order valence-corrected chi connectivity index (χ1v) is 33.6. The Morgan fingerprint density at radius 2 is 0.812 bits per heavy atom. The number of aliphatic hydroxyl groups is 8.